The molecule has 0 aromatic carbocycles. The zero-order valence-electron chi connectivity index (χ0n) is 20.1. The monoisotopic (exact) mass is 400 g/mol. The Morgan fingerprint density at radius 2 is 1.62 bits per heavy atom. The Morgan fingerprint density at radius 3 is 2.34 bits per heavy atom. The van der Waals surface area contributed by atoms with Crippen LogP contribution in [0.1, 0.15) is 105 Å². The van der Waals surface area contributed by atoms with Gasteiger partial charge in [-0.05, 0) is 123 Å². The smallest absolute Gasteiger partial charge is 0.0543 e. The minimum atomic E-state index is -0.0178. The minimum absolute atomic E-state index is 0.0178. The normalized spacial score (nSPS) is 48.0. The quantitative estimate of drug-likeness (QED) is 0.470. The van der Waals surface area contributed by atoms with Gasteiger partial charge >= 0.3 is 0 Å². The van der Waals surface area contributed by atoms with E-state index in [0.717, 1.165) is 48.3 Å². The largest absolute Gasteiger partial charge is 0.393 e. The molecule has 4 aliphatic rings. The third-order valence-electron chi connectivity index (χ3n) is 11.1. The second-order valence-corrected chi connectivity index (χ2v) is 12.6. The Labute approximate surface area is 181 Å². The van der Waals surface area contributed by atoms with Crippen LogP contribution >= 0.6 is 0 Å². The maximum Gasteiger partial charge on any atom is 0.0543 e. The molecule has 166 valence electrons. The fraction of sp³-hybridized carbons (Fsp3) is 0.929. The van der Waals surface area contributed by atoms with Crippen molar-refractivity contribution in [3.05, 3.63) is 12.2 Å². The molecule has 0 amide bonds. The van der Waals surface area contributed by atoms with Crippen molar-refractivity contribution in [3.63, 3.8) is 0 Å². The van der Waals surface area contributed by atoms with E-state index in [1.165, 1.54) is 63.4 Å². The van der Waals surface area contributed by atoms with Gasteiger partial charge in [-0.15, -0.1) is 0 Å². The second-order valence-electron chi connectivity index (χ2n) is 12.6. The lowest BCUT2D eigenvalue weighted by Gasteiger charge is -2.61. The number of hydrogen-bond acceptors (Lipinski definition) is 1. The SMILES string of the molecule is C=C(CC[C@@H](C)[C@H]1CC[C@H]2C3CC[C@H]4C[C@@H](O)CC[C@]4(C)C3CC[C@]12C)C(C)C. The molecule has 0 heterocycles. The summed E-state index contributed by atoms with van der Waals surface area (Å²) in [6, 6.07) is 0. The summed E-state index contributed by atoms with van der Waals surface area (Å²) in [6.45, 7) is 16.8. The lowest BCUT2D eigenvalue weighted by atomic mass is 9.44. The zero-order chi connectivity index (χ0) is 21.0. The van der Waals surface area contributed by atoms with Gasteiger partial charge in [0.25, 0.3) is 0 Å². The Morgan fingerprint density at radius 1 is 0.931 bits per heavy atom. The predicted molar refractivity (Wildman–Crippen MR) is 124 cm³/mol. The van der Waals surface area contributed by atoms with Gasteiger partial charge in [-0.1, -0.05) is 46.8 Å². The molecule has 1 heteroatoms. The molecule has 1 nitrogen and oxygen atoms in total. The van der Waals surface area contributed by atoms with Crippen LogP contribution in [0.25, 0.3) is 0 Å². The summed E-state index contributed by atoms with van der Waals surface area (Å²) >= 11 is 0. The molecule has 1 N–H and O–H groups in total. The van der Waals surface area contributed by atoms with Gasteiger partial charge in [0.05, 0.1) is 6.10 Å². The second kappa shape index (κ2) is 7.99. The topological polar surface area (TPSA) is 20.2 Å². The van der Waals surface area contributed by atoms with E-state index in [1.807, 2.05) is 0 Å². The molecule has 4 aliphatic carbocycles. The highest BCUT2D eigenvalue weighted by Gasteiger charge is 2.60. The molecule has 4 rings (SSSR count). The first-order valence-electron chi connectivity index (χ1n) is 13.0. The van der Waals surface area contributed by atoms with E-state index < -0.39 is 0 Å². The van der Waals surface area contributed by atoms with Crippen molar-refractivity contribution < 1.29 is 5.11 Å². The van der Waals surface area contributed by atoms with E-state index in [-0.39, 0.29) is 6.10 Å². The molecular weight excluding hydrogens is 352 g/mol. The van der Waals surface area contributed by atoms with Crippen LogP contribution in [0.2, 0.25) is 0 Å². The fourth-order valence-electron chi connectivity index (χ4n) is 9.11. The van der Waals surface area contributed by atoms with E-state index in [2.05, 4.69) is 41.2 Å². The van der Waals surface area contributed by atoms with Gasteiger partial charge in [-0.25, -0.2) is 0 Å². The first kappa shape index (κ1) is 21.9. The maximum atomic E-state index is 10.3. The Balaban J connectivity index is 1.46. The highest BCUT2D eigenvalue weighted by atomic mass is 16.3. The molecule has 0 aliphatic heterocycles. The Hall–Kier alpha value is -0.300. The van der Waals surface area contributed by atoms with Crippen LogP contribution in [0.5, 0.6) is 0 Å². The van der Waals surface area contributed by atoms with Crippen LogP contribution in [-0.4, -0.2) is 11.2 Å². The van der Waals surface area contributed by atoms with Crippen molar-refractivity contribution in [1.29, 1.82) is 0 Å². The van der Waals surface area contributed by atoms with Crippen molar-refractivity contribution >= 4 is 0 Å². The number of rotatable bonds is 5. The Bertz CT molecular complexity index is 607. The van der Waals surface area contributed by atoms with Crippen molar-refractivity contribution in [3.8, 4) is 0 Å². The minimum Gasteiger partial charge on any atom is -0.393 e. The molecule has 0 bridgehead atoms. The molecule has 0 spiro atoms. The Kier molecular flexibility index (Phi) is 6.04. The van der Waals surface area contributed by atoms with E-state index in [0.29, 0.717) is 16.7 Å². The molecule has 4 fully saturated rings. The highest BCUT2D eigenvalue weighted by molar-refractivity contribution is 5.10. The molecule has 9 atom stereocenters. The van der Waals surface area contributed by atoms with E-state index in [1.54, 1.807) is 0 Å². The molecule has 0 radical (unpaired) electrons. The van der Waals surface area contributed by atoms with Crippen LogP contribution in [0.4, 0.5) is 0 Å². The van der Waals surface area contributed by atoms with Crippen LogP contribution in [0, 0.1) is 52.3 Å². The van der Waals surface area contributed by atoms with Crippen LogP contribution < -0.4 is 0 Å². The van der Waals surface area contributed by atoms with Crippen molar-refractivity contribution in [2.75, 3.05) is 0 Å². The van der Waals surface area contributed by atoms with Gasteiger partial charge in [0.1, 0.15) is 0 Å². The average molecular weight is 401 g/mol. The standard InChI is InChI=1S/C28H48O/c1-18(2)19(3)7-8-20(4)24-11-12-25-23-10-9-21-17-22(29)13-15-27(21,5)26(23)14-16-28(24,25)6/h18,20-26,29H,3,7-17H2,1-2,4-6H3/t20-,21+,22+,23?,24-,25+,26?,27+,28-/m1/s1. The van der Waals surface area contributed by atoms with Gasteiger partial charge < -0.3 is 5.11 Å². The summed E-state index contributed by atoms with van der Waals surface area (Å²) in [4.78, 5) is 0. The van der Waals surface area contributed by atoms with Gasteiger partial charge in [0, 0.05) is 0 Å². The lowest BCUT2D eigenvalue weighted by molar-refractivity contribution is -0.129. The van der Waals surface area contributed by atoms with Gasteiger partial charge in [-0.3, -0.25) is 0 Å². The number of allylic oxidation sites excluding steroid dienone is 1. The lowest BCUT2D eigenvalue weighted by Crippen LogP contribution is -2.54. The van der Waals surface area contributed by atoms with Crippen LogP contribution in [0.3, 0.4) is 0 Å². The third-order valence-corrected chi connectivity index (χ3v) is 11.1. The van der Waals surface area contributed by atoms with Crippen molar-refractivity contribution in [2.45, 2.75) is 111 Å². The average Bonchev–Trinajstić information content (AvgIpc) is 3.03. The highest BCUT2D eigenvalue weighted by Crippen LogP contribution is 2.68. The third kappa shape index (κ3) is 3.66. The van der Waals surface area contributed by atoms with E-state index >= 15 is 0 Å². The molecule has 0 saturated heterocycles. The summed E-state index contributed by atoms with van der Waals surface area (Å²) < 4.78 is 0. The predicted octanol–water partition coefficient (Wildman–Crippen LogP) is 7.63. The van der Waals surface area contributed by atoms with Gasteiger partial charge in [-0.2, -0.15) is 0 Å². The van der Waals surface area contributed by atoms with Gasteiger partial charge in [0.2, 0.25) is 0 Å². The zero-order valence-corrected chi connectivity index (χ0v) is 20.1. The molecular formula is C28H48O. The number of hydrogen-bond donors (Lipinski definition) is 1. The summed E-state index contributed by atoms with van der Waals surface area (Å²) in [5.41, 5.74) is 2.55. The fourth-order valence-corrected chi connectivity index (χ4v) is 9.11. The summed E-state index contributed by atoms with van der Waals surface area (Å²) in [6.07, 6.45) is 14.7. The van der Waals surface area contributed by atoms with E-state index in [4.69, 9.17) is 0 Å². The number of fused-ring (bicyclic) bond motifs is 5. The molecule has 2 unspecified atom stereocenters. The summed E-state index contributed by atoms with van der Waals surface area (Å²) in [5, 5.41) is 10.3. The summed E-state index contributed by atoms with van der Waals surface area (Å²) in [5.74, 6) is 6.05. The molecule has 0 aromatic heterocycles. The maximum absolute atomic E-state index is 10.3. The first-order valence-corrected chi connectivity index (χ1v) is 13.0. The van der Waals surface area contributed by atoms with Crippen molar-refractivity contribution in [2.24, 2.45) is 52.3 Å². The number of aliphatic hydroxyl groups is 1. The molecule has 0 aromatic rings. The van der Waals surface area contributed by atoms with Crippen LogP contribution in [-0.2, 0) is 0 Å². The molecule has 29 heavy (non-hydrogen) atoms. The van der Waals surface area contributed by atoms with E-state index in [9.17, 15) is 5.11 Å². The van der Waals surface area contributed by atoms with Crippen molar-refractivity contribution in [1.82, 2.24) is 0 Å². The molecule has 4 saturated carbocycles. The summed E-state index contributed by atoms with van der Waals surface area (Å²) in [7, 11) is 0. The number of aliphatic hydroxyl groups excluding tert-OH is 1. The van der Waals surface area contributed by atoms with Crippen LogP contribution in [0.15, 0.2) is 12.2 Å². The first-order chi connectivity index (χ1) is 13.7. The van der Waals surface area contributed by atoms with Gasteiger partial charge in [0.15, 0.2) is 0 Å².